The molecule has 2 heterocycles. The van der Waals surface area contributed by atoms with Crippen molar-refractivity contribution in [2.24, 2.45) is 0 Å². The maximum absolute atomic E-state index is 12.5. The monoisotopic (exact) mass is 374 g/mol. The molecular formula is C20H26N2O5. The van der Waals surface area contributed by atoms with Crippen molar-refractivity contribution < 1.29 is 23.4 Å². The van der Waals surface area contributed by atoms with Crippen LogP contribution in [0, 0.1) is 0 Å². The lowest BCUT2D eigenvalue weighted by Gasteiger charge is -2.12. The van der Waals surface area contributed by atoms with Crippen LogP contribution in [-0.4, -0.2) is 31.2 Å². The standard InChI is InChI=1S/C20H26N2O5/c1-3-4-9-25-15-8-7-14(11-17(15)24-2)12-21-20(23)18-19(27-13-22-18)16-6-5-10-26-16/h7-8,11,13,16H,3-6,9-10,12H2,1-2H3,(H,21,23). The van der Waals surface area contributed by atoms with E-state index in [1.54, 1.807) is 7.11 Å². The first-order valence-electron chi connectivity index (χ1n) is 9.35. The molecule has 1 saturated heterocycles. The quantitative estimate of drug-likeness (QED) is 0.675. The van der Waals surface area contributed by atoms with Crippen molar-refractivity contribution in [2.75, 3.05) is 20.3 Å². The third kappa shape index (κ3) is 4.80. The van der Waals surface area contributed by atoms with Crippen LogP contribution >= 0.6 is 0 Å². The van der Waals surface area contributed by atoms with Crippen LogP contribution in [0.2, 0.25) is 0 Å². The maximum Gasteiger partial charge on any atom is 0.273 e. The van der Waals surface area contributed by atoms with Gasteiger partial charge in [-0.1, -0.05) is 19.4 Å². The van der Waals surface area contributed by atoms with Gasteiger partial charge in [-0.25, -0.2) is 4.98 Å². The molecule has 1 N–H and O–H groups in total. The van der Waals surface area contributed by atoms with Gasteiger partial charge in [-0.15, -0.1) is 0 Å². The predicted octanol–water partition coefficient (Wildman–Crippen LogP) is 3.64. The van der Waals surface area contributed by atoms with Crippen molar-refractivity contribution in [1.82, 2.24) is 10.3 Å². The van der Waals surface area contributed by atoms with Crippen LogP contribution < -0.4 is 14.8 Å². The number of nitrogens with zero attached hydrogens (tertiary/aromatic N) is 1. The number of ether oxygens (including phenoxy) is 3. The molecule has 1 aromatic carbocycles. The van der Waals surface area contributed by atoms with Crippen molar-refractivity contribution in [3.8, 4) is 11.5 Å². The highest BCUT2D eigenvalue weighted by atomic mass is 16.5. The number of amides is 1. The molecule has 3 rings (SSSR count). The molecule has 0 saturated carbocycles. The minimum Gasteiger partial charge on any atom is -0.493 e. The summed E-state index contributed by atoms with van der Waals surface area (Å²) in [6.07, 6.45) is 4.96. The first-order chi connectivity index (χ1) is 13.2. The van der Waals surface area contributed by atoms with Gasteiger partial charge in [0, 0.05) is 13.2 Å². The Hall–Kier alpha value is -2.54. The molecule has 0 radical (unpaired) electrons. The Bertz CT molecular complexity index is 753. The number of nitrogens with one attached hydrogen (secondary N) is 1. The van der Waals surface area contributed by atoms with E-state index in [0.717, 1.165) is 31.2 Å². The molecule has 7 heteroatoms. The van der Waals surface area contributed by atoms with Crippen LogP contribution in [-0.2, 0) is 11.3 Å². The number of unbranched alkanes of at least 4 members (excludes halogenated alkanes) is 1. The van der Waals surface area contributed by atoms with Crippen LogP contribution in [0.4, 0.5) is 0 Å². The molecule has 2 aromatic rings. The van der Waals surface area contributed by atoms with E-state index in [9.17, 15) is 4.79 Å². The molecule has 1 amide bonds. The average molecular weight is 374 g/mol. The topological polar surface area (TPSA) is 82.8 Å². The number of carbonyl (C=O) groups is 1. The van der Waals surface area contributed by atoms with E-state index in [0.29, 0.717) is 37.0 Å². The number of rotatable bonds is 9. The highest BCUT2D eigenvalue weighted by Gasteiger charge is 2.27. The van der Waals surface area contributed by atoms with Gasteiger partial charge in [-0.3, -0.25) is 4.79 Å². The molecule has 0 bridgehead atoms. The third-order valence-electron chi connectivity index (χ3n) is 4.47. The predicted molar refractivity (Wildman–Crippen MR) is 99.0 cm³/mol. The van der Waals surface area contributed by atoms with Gasteiger partial charge in [0.1, 0.15) is 6.10 Å². The molecule has 1 aliphatic rings. The van der Waals surface area contributed by atoms with Crippen LogP contribution in [0.15, 0.2) is 29.0 Å². The lowest BCUT2D eigenvalue weighted by atomic mass is 10.1. The number of benzene rings is 1. The average Bonchev–Trinajstić information content (AvgIpc) is 3.38. The zero-order valence-corrected chi connectivity index (χ0v) is 15.8. The van der Waals surface area contributed by atoms with E-state index < -0.39 is 0 Å². The minimum absolute atomic E-state index is 0.187. The molecular weight excluding hydrogens is 348 g/mol. The van der Waals surface area contributed by atoms with Crippen LogP contribution in [0.5, 0.6) is 11.5 Å². The summed E-state index contributed by atoms with van der Waals surface area (Å²) >= 11 is 0. The summed E-state index contributed by atoms with van der Waals surface area (Å²) in [7, 11) is 1.60. The number of methoxy groups -OCH3 is 1. The summed E-state index contributed by atoms with van der Waals surface area (Å²) in [5.41, 5.74) is 1.19. The lowest BCUT2D eigenvalue weighted by Crippen LogP contribution is -2.24. The molecule has 1 aromatic heterocycles. The van der Waals surface area contributed by atoms with Gasteiger partial charge in [0.05, 0.1) is 13.7 Å². The smallest absolute Gasteiger partial charge is 0.273 e. The zero-order valence-electron chi connectivity index (χ0n) is 15.8. The first-order valence-corrected chi connectivity index (χ1v) is 9.35. The fraction of sp³-hybridized carbons (Fsp3) is 0.500. The van der Waals surface area contributed by atoms with Gasteiger partial charge >= 0.3 is 0 Å². The van der Waals surface area contributed by atoms with Crippen molar-refractivity contribution in [3.05, 3.63) is 41.6 Å². The number of hydrogen-bond acceptors (Lipinski definition) is 6. The van der Waals surface area contributed by atoms with E-state index in [1.165, 1.54) is 6.39 Å². The number of oxazole rings is 1. The minimum atomic E-state index is -0.281. The Balaban J connectivity index is 1.61. The second kappa shape index (κ2) is 9.41. The molecule has 1 atom stereocenters. The van der Waals surface area contributed by atoms with Gasteiger partial charge in [-0.2, -0.15) is 0 Å². The summed E-state index contributed by atoms with van der Waals surface area (Å²) in [4.78, 5) is 16.6. The third-order valence-corrected chi connectivity index (χ3v) is 4.47. The van der Waals surface area contributed by atoms with Gasteiger partial charge < -0.3 is 23.9 Å². The summed E-state index contributed by atoms with van der Waals surface area (Å²) in [6, 6.07) is 5.64. The fourth-order valence-corrected chi connectivity index (χ4v) is 2.97. The van der Waals surface area contributed by atoms with Gasteiger partial charge in [0.2, 0.25) is 0 Å². The largest absolute Gasteiger partial charge is 0.493 e. The molecule has 146 valence electrons. The molecule has 1 unspecified atom stereocenters. The second-order valence-corrected chi connectivity index (χ2v) is 6.44. The Labute approximate surface area is 159 Å². The number of hydrogen-bond donors (Lipinski definition) is 1. The number of carbonyl (C=O) groups excluding carboxylic acids is 1. The van der Waals surface area contributed by atoms with Crippen molar-refractivity contribution in [3.63, 3.8) is 0 Å². The Morgan fingerprint density at radius 1 is 1.37 bits per heavy atom. The SMILES string of the molecule is CCCCOc1ccc(CNC(=O)c2ncoc2C2CCCO2)cc1OC. The molecule has 7 nitrogen and oxygen atoms in total. The fourth-order valence-electron chi connectivity index (χ4n) is 2.97. The summed E-state index contributed by atoms with van der Waals surface area (Å²) < 4.78 is 22.1. The van der Waals surface area contributed by atoms with E-state index >= 15 is 0 Å². The van der Waals surface area contributed by atoms with Crippen molar-refractivity contribution in [1.29, 1.82) is 0 Å². The highest BCUT2D eigenvalue weighted by molar-refractivity contribution is 5.93. The molecule has 27 heavy (non-hydrogen) atoms. The zero-order chi connectivity index (χ0) is 19.1. The lowest BCUT2D eigenvalue weighted by molar-refractivity contribution is 0.0860. The molecule has 0 spiro atoms. The maximum atomic E-state index is 12.5. The molecule has 1 aliphatic heterocycles. The first kappa shape index (κ1) is 19.2. The van der Waals surface area contributed by atoms with E-state index in [1.807, 2.05) is 18.2 Å². The number of aromatic nitrogens is 1. The van der Waals surface area contributed by atoms with Crippen LogP contribution in [0.25, 0.3) is 0 Å². The Kier molecular flexibility index (Phi) is 6.70. The van der Waals surface area contributed by atoms with Gasteiger partial charge in [0.15, 0.2) is 29.3 Å². The van der Waals surface area contributed by atoms with Crippen LogP contribution in [0.3, 0.4) is 0 Å². The van der Waals surface area contributed by atoms with E-state index in [2.05, 4.69) is 17.2 Å². The van der Waals surface area contributed by atoms with Crippen LogP contribution in [0.1, 0.15) is 60.5 Å². The Morgan fingerprint density at radius 3 is 3.00 bits per heavy atom. The van der Waals surface area contributed by atoms with Gasteiger partial charge in [-0.05, 0) is 37.0 Å². The molecule has 0 aliphatic carbocycles. The van der Waals surface area contributed by atoms with Crippen molar-refractivity contribution >= 4 is 5.91 Å². The van der Waals surface area contributed by atoms with Crippen molar-refractivity contribution in [2.45, 2.75) is 45.3 Å². The summed E-state index contributed by atoms with van der Waals surface area (Å²) in [5, 5.41) is 2.87. The second-order valence-electron chi connectivity index (χ2n) is 6.44. The normalized spacial score (nSPS) is 16.3. The Morgan fingerprint density at radius 2 is 2.26 bits per heavy atom. The van der Waals surface area contributed by atoms with E-state index in [4.69, 9.17) is 18.6 Å². The summed E-state index contributed by atoms with van der Waals surface area (Å²) in [5.74, 6) is 1.58. The summed E-state index contributed by atoms with van der Waals surface area (Å²) in [6.45, 7) is 3.80. The van der Waals surface area contributed by atoms with Gasteiger partial charge in [0.25, 0.3) is 5.91 Å². The van der Waals surface area contributed by atoms with E-state index in [-0.39, 0.29) is 17.7 Å². The highest BCUT2D eigenvalue weighted by Crippen LogP contribution is 2.31. The molecule has 1 fully saturated rings.